The lowest BCUT2D eigenvalue weighted by atomic mass is 10.1. The number of aryl methyl sites for hydroxylation is 1. The van der Waals surface area contributed by atoms with E-state index in [1.807, 2.05) is 6.92 Å². The van der Waals surface area contributed by atoms with Gasteiger partial charge in [0.05, 0.1) is 0 Å². The van der Waals surface area contributed by atoms with E-state index in [9.17, 15) is 13.6 Å². The van der Waals surface area contributed by atoms with E-state index in [4.69, 9.17) is 0 Å². The number of benzene rings is 1. The Hall–Kier alpha value is -2.44. The van der Waals surface area contributed by atoms with Crippen LogP contribution in [0.3, 0.4) is 0 Å². The molecular weight excluding hydrogens is 278 g/mol. The third-order valence-corrected chi connectivity index (χ3v) is 2.81. The molecule has 0 aliphatic heterocycles. The lowest BCUT2D eigenvalue weighted by Crippen LogP contribution is -2.14. The fourth-order valence-corrected chi connectivity index (χ4v) is 1.79. The Morgan fingerprint density at radius 2 is 2.00 bits per heavy atom. The number of carbonyl (C=O) groups excluding carboxylic acids is 1. The summed E-state index contributed by atoms with van der Waals surface area (Å²) in [5.41, 5.74) is -0.316. The van der Waals surface area contributed by atoms with Crippen molar-refractivity contribution in [2.75, 3.05) is 17.2 Å². The molecule has 0 saturated heterocycles. The van der Waals surface area contributed by atoms with Crippen molar-refractivity contribution in [3.63, 3.8) is 0 Å². The Morgan fingerprint density at radius 3 is 2.52 bits per heavy atom. The maximum Gasteiger partial charge on any atom is 0.257 e. The van der Waals surface area contributed by atoms with Crippen molar-refractivity contribution in [3.8, 4) is 0 Å². The van der Waals surface area contributed by atoms with Crippen molar-refractivity contribution in [1.82, 2.24) is 9.78 Å². The van der Waals surface area contributed by atoms with Crippen LogP contribution >= 0.6 is 0 Å². The highest BCUT2D eigenvalue weighted by atomic mass is 19.1. The van der Waals surface area contributed by atoms with E-state index in [0.717, 1.165) is 18.6 Å². The minimum atomic E-state index is -0.797. The first-order chi connectivity index (χ1) is 10.0. The summed E-state index contributed by atoms with van der Waals surface area (Å²) in [5, 5.41) is 9.09. The quantitative estimate of drug-likeness (QED) is 0.891. The third kappa shape index (κ3) is 3.56. The molecule has 2 N–H and O–H groups in total. The Bertz CT molecular complexity index is 631. The Morgan fingerprint density at radius 1 is 1.33 bits per heavy atom. The van der Waals surface area contributed by atoms with Crippen LogP contribution < -0.4 is 10.6 Å². The van der Waals surface area contributed by atoms with Crippen molar-refractivity contribution in [3.05, 3.63) is 41.6 Å². The van der Waals surface area contributed by atoms with Crippen LogP contribution in [0.1, 0.15) is 23.7 Å². The van der Waals surface area contributed by atoms with Gasteiger partial charge in [0.1, 0.15) is 17.3 Å². The minimum Gasteiger partial charge on any atom is -0.380 e. The fraction of sp³-hybridized carbons (Fsp3) is 0.286. The smallest absolute Gasteiger partial charge is 0.257 e. The van der Waals surface area contributed by atoms with Crippen LogP contribution in [0.2, 0.25) is 0 Å². The van der Waals surface area contributed by atoms with E-state index in [-0.39, 0.29) is 11.3 Å². The van der Waals surface area contributed by atoms with E-state index in [2.05, 4.69) is 15.7 Å². The summed E-state index contributed by atoms with van der Waals surface area (Å²) in [6, 6.07) is 3.58. The van der Waals surface area contributed by atoms with Crippen molar-refractivity contribution < 1.29 is 13.6 Å². The van der Waals surface area contributed by atoms with Crippen LogP contribution in [-0.4, -0.2) is 22.2 Å². The van der Waals surface area contributed by atoms with E-state index in [1.165, 1.54) is 4.68 Å². The highest BCUT2D eigenvalue weighted by molar-refractivity contribution is 6.04. The van der Waals surface area contributed by atoms with E-state index in [1.54, 1.807) is 19.3 Å². The molecule has 1 heterocycles. The molecule has 0 bridgehead atoms. The number of rotatable bonds is 5. The molecule has 0 aliphatic carbocycles. The fourth-order valence-electron chi connectivity index (χ4n) is 1.79. The molecule has 7 heteroatoms. The average Bonchev–Trinajstić information content (AvgIpc) is 2.83. The number of carbonyl (C=O) groups is 1. The molecule has 5 nitrogen and oxygen atoms in total. The molecule has 0 spiro atoms. The Balaban J connectivity index is 2.18. The van der Waals surface area contributed by atoms with Crippen LogP contribution in [0.5, 0.6) is 0 Å². The minimum absolute atomic E-state index is 0.0994. The third-order valence-electron chi connectivity index (χ3n) is 2.81. The lowest BCUT2D eigenvalue weighted by Gasteiger charge is -2.09. The molecule has 21 heavy (non-hydrogen) atoms. The predicted molar refractivity (Wildman–Crippen MR) is 76.3 cm³/mol. The van der Waals surface area contributed by atoms with Gasteiger partial charge in [-0.15, -0.1) is 0 Å². The van der Waals surface area contributed by atoms with Gasteiger partial charge in [-0.2, -0.15) is 5.10 Å². The zero-order valence-electron chi connectivity index (χ0n) is 11.8. The molecule has 0 fully saturated rings. The molecule has 0 aliphatic rings. The monoisotopic (exact) mass is 294 g/mol. The van der Waals surface area contributed by atoms with Crippen molar-refractivity contribution >= 4 is 17.4 Å². The molecule has 1 aromatic heterocycles. The second-order valence-corrected chi connectivity index (χ2v) is 4.57. The van der Waals surface area contributed by atoms with Gasteiger partial charge in [-0.05, 0) is 18.6 Å². The van der Waals surface area contributed by atoms with Crippen molar-refractivity contribution in [1.29, 1.82) is 0 Å². The molecule has 2 rings (SSSR count). The van der Waals surface area contributed by atoms with Crippen molar-refractivity contribution in [2.24, 2.45) is 7.05 Å². The van der Waals surface area contributed by atoms with Gasteiger partial charge >= 0.3 is 0 Å². The number of nitrogens with one attached hydrogen (secondary N) is 2. The number of hydrogen-bond acceptors (Lipinski definition) is 3. The molecule has 112 valence electrons. The zero-order chi connectivity index (χ0) is 15.4. The normalized spacial score (nSPS) is 10.5. The van der Waals surface area contributed by atoms with Gasteiger partial charge in [-0.1, -0.05) is 6.92 Å². The number of amides is 1. The first-order valence-corrected chi connectivity index (χ1v) is 6.55. The highest BCUT2D eigenvalue weighted by Crippen LogP contribution is 2.21. The van der Waals surface area contributed by atoms with E-state index in [0.29, 0.717) is 12.4 Å². The number of aromatic nitrogens is 2. The van der Waals surface area contributed by atoms with Gasteiger partial charge in [-0.25, -0.2) is 8.78 Å². The van der Waals surface area contributed by atoms with Gasteiger partial charge in [-0.3, -0.25) is 9.48 Å². The molecule has 0 saturated carbocycles. The van der Waals surface area contributed by atoms with Crippen LogP contribution in [0.4, 0.5) is 20.3 Å². The van der Waals surface area contributed by atoms with Crippen LogP contribution in [0.25, 0.3) is 0 Å². The van der Waals surface area contributed by atoms with Crippen LogP contribution in [0.15, 0.2) is 24.4 Å². The second kappa shape index (κ2) is 6.34. The lowest BCUT2D eigenvalue weighted by molar-refractivity contribution is 0.102. The van der Waals surface area contributed by atoms with Crippen molar-refractivity contribution in [2.45, 2.75) is 13.3 Å². The molecular formula is C14H16F2N4O. The number of hydrogen-bond donors (Lipinski definition) is 2. The molecule has 1 amide bonds. The first-order valence-electron chi connectivity index (χ1n) is 6.55. The van der Waals surface area contributed by atoms with Gasteiger partial charge in [0.25, 0.3) is 5.91 Å². The molecule has 0 radical (unpaired) electrons. The summed E-state index contributed by atoms with van der Waals surface area (Å²) in [7, 11) is 1.70. The van der Waals surface area contributed by atoms with E-state index < -0.39 is 17.5 Å². The Labute approximate surface area is 121 Å². The Kier molecular flexibility index (Phi) is 4.52. The van der Waals surface area contributed by atoms with Gasteiger partial charge < -0.3 is 10.6 Å². The number of nitrogens with zero attached hydrogens (tertiary/aromatic N) is 2. The summed E-state index contributed by atoms with van der Waals surface area (Å²) in [5.74, 6) is -1.89. The topological polar surface area (TPSA) is 59.0 Å². The van der Waals surface area contributed by atoms with Gasteiger partial charge in [0.15, 0.2) is 5.82 Å². The molecule has 0 unspecified atom stereocenters. The number of anilines is 2. The largest absolute Gasteiger partial charge is 0.380 e. The molecule has 1 aromatic carbocycles. The predicted octanol–water partition coefficient (Wildman–Crippen LogP) is 2.77. The molecule has 2 aromatic rings. The highest BCUT2D eigenvalue weighted by Gasteiger charge is 2.15. The molecule has 0 atom stereocenters. The van der Waals surface area contributed by atoms with E-state index >= 15 is 0 Å². The van der Waals surface area contributed by atoms with Crippen LogP contribution in [-0.2, 0) is 7.05 Å². The summed E-state index contributed by atoms with van der Waals surface area (Å²) < 4.78 is 29.2. The standard InChI is InChI=1S/C14H16F2N4O/c1-3-5-17-13-10(15)7-9(8-11(13)16)14(21)18-12-4-6-20(2)19-12/h4,6-8,17H,3,5H2,1-2H3,(H,18,19,21). The zero-order valence-corrected chi connectivity index (χ0v) is 11.8. The number of halogens is 2. The van der Waals surface area contributed by atoms with Crippen LogP contribution in [0, 0.1) is 11.6 Å². The van der Waals surface area contributed by atoms with Gasteiger partial charge in [0, 0.05) is 31.4 Å². The second-order valence-electron chi connectivity index (χ2n) is 4.57. The summed E-state index contributed by atoms with van der Waals surface area (Å²) in [4.78, 5) is 11.9. The summed E-state index contributed by atoms with van der Waals surface area (Å²) >= 11 is 0. The first kappa shape index (κ1) is 15.0. The summed E-state index contributed by atoms with van der Waals surface area (Å²) in [6.45, 7) is 2.34. The summed E-state index contributed by atoms with van der Waals surface area (Å²) in [6.07, 6.45) is 2.38. The van der Waals surface area contributed by atoms with Gasteiger partial charge in [0.2, 0.25) is 0 Å². The maximum absolute atomic E-state index is 13.8. The SMILES string of the molecule is CCCNc1c(F)cc(C(=O)Nc2ccn(C)n2)cc1F. The average molecular weight is 294 g/mol. The maximum atomic E-state index is 13.8.